The molecule has 9 heteroatoms. The molecule has 6 nitrogen and oxygen atoms in total. The first kappa shape index (κ1) is 38.8. The zero-order chi connectivity index (χ0) is 32.5. The molecule has 2 atom stereocenters. The fourth-order valence-corrected chi connectivity index (χ4v) is 3.86. The van der Waals surface area contributed by atoms with E-state index in [4.69, 9.17) is 0 Å². The van der Waals surface area contributed by atoms with E-state index in [9.17, 15) is 22.8 Å². The van der Waals surface area contributed by atoms with Crippen molar-refractivity contribution < 1.29 is 22.8 Å². The van der Waals surface area contributed by atoms with Gasteiger partial charge in [0.25, 0.3) is 5.91 Å². The van der Waals surface area contributed by atoms with E-state index < -0.39 is 18.6 Å². The molecule has 2 aromatic heterocycles. The summed E-state index contributed by atoms with van der Waals surface area (Å²) in [7, 11) is 0. The summed E-state index contributed by atoms with van der Waals surface area (Å²) in [5.41, 5.74) is 4.45. The lowest BCUT2D eigenvalue weighted by Crippen LogP contribution is -2.34. The molecular weight excluding hydrogens is 541 g/mol. The Balaban J connectivity index is 0.000000785. The highest BCUT2D eigenvalue weighted by atomic mass is 19.4. The van der Waals surface area contributed by atoms with E-state index in [-0.39, 0.29) is 17.9 Å². The first-order valence-corrected chi connectivity index (χ1v) is 14.9. The van der Waals surface area contributed by atoms with Crippen LogP contribution in [0.5, 0.6) is 0 Å². The molecular formula is C33H51F3N4O2. The molecule has 0 spiro atoms. The molecule has 1 aliphatic heterocycles. The molecule has 236 valence electrons. The number of hydrogen-bond donors (Lipinski definition) is 1. The van der Waals surface area contributed by atoms with Gasteiger partial charge in [0.2, 0.25) is 0 Å². The van der Waals surface area contributed by atoms with Crippen LogP contribution >= 0.6 is 0 Å². The molecule has 2 unspecified atom stereocenters. The van der Waals surface area contributed by atoms with E-state index in [0.29, 0.717) is 17.5 Å². The number of hydrogen-bond acceptors (Lipinski definition) is 5. The molecule has 0 radical (unpaired) electrons. The van der Waals surface area contributed by atoms with Gasteiger partial charge in [-0.05, 0) is 67.9 Å². The van der Waals surface area contributed by atoms with Gasteiger partial charge in [-0.15, -0.1) is 0 Å². The SMILES string of the molecule is C=C(C)c1ccc(C(C)CC)nc1.CC.CC(=O)Cc1nc(C(=O)NCC(F)(F)F)ccc1N1CCC(C)C1.CCC. The highest BCUT2D eigenvalue weighted by Crippen LogP contribution is 2.27. The number of halogens is 3. The van der Waals surface area contributed by atoms with Crippen molar-refractivity contribution in [3.63, 3.8) is 0 Å². The second kappa shape index (κ2) is 19.8. The summed E-state index contributed by atoms with van der Waals surface area (Å²) in [6, 6.07) is 7.24. The Labute approximate surface area is 251 Å². The van der Waals surface area contributed by atoms with Crippen LogP contribution in [0.15, 0.2) is 37.0 Å². The lowest BCUT2D eigenvalue weighted by molar-refractivity contribution is -0.123. The maximum Gasteiger partial charge on any atom is 0.405 e. The number of alkyl halides is 3. The number of carbonyl (C=O) groups excluding carboxylic acids is 2. The molecule has 0 bridgehead atoms. The van der Waals surface area contributed by atoms with Crippen molar-refractivity contribution in [1.29, 1.82) is 0 Å². The largest absolute Gasteiger partial charge is 0.405 e. The maximum absolute atomic E-state index is 12.2. The van der Waals surface area contributed by atoms with Crippen LogP contribution < -0.4 is 10.2 Å². The summed E-state index contributed by atoms with van der Waals surface area (Å²) in [5.74, 6) is 0.0476. The molecule has 2 aromatic rings. The molecule has 0 aromatic carbocycles. The minimum absolute atomic E-state index is 0.0423. The van der Waals surface area contributed by atoms with Crippen molar-refractivity contribution in [2.75, 3.05) is 24.5 Å². The highest BCUT2D eigenvalue weighted by Gasteiger charge is 2.29. The van der Waals surface area contributed by atoms with Gasteiger partial charge in [-0.1, -0.05) is 67.5 Å². The lowest BCUT2D eigenvalue weighted by Gasteiger charge is -2.21. The fraction of sp³-hybridized carbons (Fsp3) is 0.576. The van der Waals surface area contributed by atoms with Crippen molar-refractivity contribution in [3.05, 3.63) is 59.7 Å². The number of nitrogens with one attached hydrogen (secondary N) is 1. The standard InChI is InChI=1S/C16H20F3N3O2.C12H17N.C3H8.C2H6/c1-10-5-6-22(8-10)14-4-3-12(21-13(14)7-11(2)23)15(24)20-9-16(17,18)19;1-5-10(4)12-7-6-11(8-13-12)9(2)3;1-3-2;1-2/h3-4,10H,5-9H2,1-2H3,(H,20,24);6-8,10H,2,5H2,1,3-4H3;3H2,1-2H3;1-2H3. The predicted molar refractivity (Wildman–Crippen MR) is 168 cm³/mol. The maximum atomic E-state index is 12.2. The number of amides is 1. The Kier molecular flexibility index (Phi) is 18.3. The molecule has 1 aliphatic rings. The third-order valence-electron chi connectivity index (χ3n) is 6.21. The van der Waals surface area contributed by atoms with Crippen LogP contribution in [0.25, 0.3) is 5.57 Å². The Morgan fingerprint density at radius 3 is 2.17 bits per heavy atom. The van der Waals surface area contributed by atoms with Gasteiger partial charge in [0.1, 0.15) is 18.0 Å². The molecule has 0 saturated carbocycles. The van der Waals surface area contributed by atoms with E-state index in [0.717, 1.165) is 42.8 Å². The number of ketones is 1. The summed E-state index contributed by atoms with van der Waals surface area (Å²) in [4.78, 5) is 34.0. The van der Waals surface area contributed by atoms with Gasteiger partial charge in [-0.3, -0.25) is 14.6 Å². The number of pyridine rings is 2. The molecule has 3 heterocycles. The average molecular weight is 593 g/mol. The van der Waals surface area contributed by atoms with Gasteiger partial charge in [-0.25, -0.2) is 4.98 Å². The van der Waals surface area contributed by atoms with Gasteiger partial charge in [0, 0.05) is 25.0 Å². The van der Waals surface area contributed by atoms with Crippen LogP contribution in [0.3, 0.4) is 0 Å². The van der Waals surface area contributed by atoms with E-state index in [1.54, 1.807) is 11.4 Å². The number of Topliss-reactive ketones (excluding diaryl/α,β-unsaturated/α-hetero) is 1. The Bertz CT molecular complexity index is 1100. The van der Waals surface area contributed by atoms with Crippen molar-refractivity contribution in [3.8, 4) is 0 Å². The third kappa shape index (κ3) is 14.6. The first-order valence-electron chi connectivity index (χ1n) is 14.9. The zero-order valence-corrected chi connectivity index (χ0v) is 27.0. The second-order valence-corrected chi connectivity index (χ2v) is 10.4. The molecule has 1 N–H and O–H groups in total. The minimum Gasteiger partial charge on any atom is -0.370 e. The van der Waals surface area contributed by atoms with Gasteiger partial charge < -0.3 is 10.2 Å². The number of rotatable bonds is 8. The monoisotopic (exact) mass is 592 g/mol. The van der Waals surface area contributed by atoms with Crippen molar-refractivity contribution in [2.24, 2.45) is 5.92 Å². The zero-order valence-electron chi connectivity index (χ0n) is 27.0. The topological polar surface area (TPSA) is 75.2 Å². The number of anilines is 1. The first-order chi connectivity index (χ1) is 19.7. The van der Waals surface area contributed by atoms with E-state index in [2.05, 4.69) is 68.2 Å². The van der Waals surface area contributed by atoms with Gasteiger partial charge in [0.15, 0.2) is 0 Å². The van der Waals surface area contributed by atoms with Crippen LogP contribution in [0.4, 0.5) is 18.9 Å². The van der Waals surface area contributed by atoms with Crippen LogP contribution in [0.2, 0.25) is 0 Å². The third-order valence-corrected chi connectivity index (χ3v) is 6.21. The van der Waals surface area contributed by atoms with Gasteiger partial charge in [0.05, 0.1) is 17.8 Å². The Hall–Kier alpha value is -3.23. The smallest absolute Gasteiger partial charge is 0.370 e. The van der Waals surface area contributed by atoms with Crippen LogP contribution in [-0.4, -0.2) is 47.5 Å². The van der Waals surface area contributed by atoms with Gasteiger partial charge >= 0.3 is 6.18 Å². The molecule has 3 rings (SSSR count). The van der Waals surface area contributed by atoms with Crippen molar-refractivity contribution in [2.45, 2.75) is 100 Å². The number of carbonyl (C=O) groups is 2. The average Bonchev–Trinajstić information content (AvgIpc) is 3.38. The summed E-state index contributed by atoms with van der Waals surface area (Å²) < 4.78 is 36.6. The lowest BCUT2D eigenvalue weighted by atomic mass is 10.0. The number of allylic oxidation sites excluding steroid dienone is 1. The summed E-state index contributed by atoms with van der Waals surface area (Å²) in [6.45, 7) is 22.3. The minimum atomic E-state index is -4.48. The molecule has 0 aliphatic carbocycles. The highest BCUT2D eigenvalue weighted by molar-refractivity contribution is 5.93. The van der Waals surface area contributed by atoms with E-state index in [1.165, 1.54) is 25.1 Å². The normalized spacial score (nSPS) is 14.7. The van der Waals surface area contributed by atoms with Crippen LogP contribution in [0, 0.1) is 5.92 Å². The van der Waals surface area contributed by atoms with Gasteiger partial charge in [-0.2, -0.15) is 13.2 Å². The molecule has 1 amide bonds. The second-order valence-electron chi connectivity index (χ2n) is 10.4. The Morgan fingerprint density at radius 2 is 1.74 bits per heavy atom. The summed E-state index contributed by atoms with van der Waals surface area (Å²) >= 11 is 0. The van der Waals surface area contributed by atoms with Crippen molar-refractivity contribution in [1.82, 2.24) is 15.3 Å². The number of nitrogens with zero attached hydrogens (tertiary/aromatic N) is 3. The fourth-order valence-electron chi connectivity index (χ4n) is 3.86. The molecule has 1 fully saturated rings. The quantitative estimate of drug-likeness (QED) is 0.333. The van der Waals surface area contributed by atoms with E-state index in [1.807, 2.05) is 27.0 Å². The Morgan fingerprint density at radius 1 is 1.12 bits per heavy atom. The predicted octanol–water partition coefficient (Wildman–Crippen LogP) is 8.42. The van der Waals surface area contributed by atoms with Crippen LogP contribution in [-0.2, 0) is 11.2 Å². The van der Waals surface area contributed by atoms with E-state index >= 15 is 0 Å². The van der Waals surface area contributed by atoms with Crippen LogP contribution in [0.1, 0.15) is 115 Å². The molecule has 42 heavy (non-hydrogen) atoms. The number of aromatic nitrogens is 2. The summed E-state index contributed by atoms with van der Waals surface area (Å²) in [6.07, 6.45) is 0.876. The van der Waals surface area contributed by atoms with Crippen molar-refractivity contribution >= 4 is 23.0 Å². The summed E-state index contributed by atoms with van der Waals surface area (Å²) in [5, 5.41) is 1.79. The molecule has 1 saturated heterocycles.